The number of carbonyl (C=O) groups excluding carboxylic acids is 1. The van der Waals surface area contributed by atoms with Gasteiger partial charge in [0, 0.05) is 18.2 Å². The van der Waals surface area contributed by atoms with Gasteiger partial charge >= 0.3 is 0 Å². The van der Waals surface area contributed by atoms with Crippen LogP contribution < -0.4 is 4.90 Å². The van der Waals surface area contributed by atoms with Gasteiger partial charge in [0.25, 0.3) is 0 Å². The number of para-hydroxylation sites is 1. The van der Waals surface area contributed by atoms with Crippen LogP contribution in [0.1, 0.15) is 47.6 Å². The molecule has 0 saturated carbocycles. The van der Waals surface area contributed by atoms with E-state index in [9.17, 15) is 4.79 Å². The molecular formula is C19H21N3O. The fourth-order valence-electron chi connectivity index (χ4n) is 3.93. The van der Waals surface area contributed by atoms with Gasteiger partial charge in [-0.05, 0) is 44.2 Å². The van der Waals surface area contributed by atoms with Crippen molar-refractivity contribution in [2.24, 2.45) is 5.92 Å². The molecule has 1 aliphatic carbocycles. The van der Waals surface area contributed by atoms with Crippen LogP contribution in [0.25, 0.3) is 0 Å². The first-order valence-electron chi connectivity index (χ1n) is 8.32. The summed E-state index contributed by atoms with van der Waals surface area (Å²) in [5.74, 6) is 1.29. The number of aromatic nitrogens is 2. The maximum Gasteiger partial charge on any atom is 0.230 e. The van der Waals surface area contributed by atoms with Crippen LogP contribution in [0.3, 0.4) is 0 Å². The second-order valence-electron chi connectivity index (χ2n) is 6.92. The smallest absolute Gasteiger partial charge is 0.230 e. The standard InChI is InChI=1S/C19H21N3O/c1-11-8-15-18(17(23)9-11)13(3)20-19(21-15)22-12(2)10-14-6-4-5-7-16(14)22/h4-7,11-12H,8-10H2,1-3H3/t11-,12+/m0/s1. The molecule has 118 valence electrons. The molecular weight excluding hydrogens is 286 g/mol. The van der Waals surface area contributed by atoms with Gasteiger partial charge in [0.1, 0.15) is 0 Å². The van der Waals surface area contributed by atoms with Crippen molar-refractivity contribution >= 4 is 17.4 Å². The average molecular weight is 307 g/mol. The van der Waals surface area contributed by atoms with Crippen molar-refractivity contribution < 1.29 is 4.79 Å². The predicted molar refractivity (Wildman–Crippen MR) is 90.3 cm³/mol. The Kier molecular flexibility index (Phi) is 3.22. The summed E-state index contributed by atoms with van der Waals surface area (Å²) in [5, 5.41) is 0. The van der Waals surface area contributed by atoms with Crippen molar-refractivity contribution in [1.82, 2.24) is 9.97 Å². The van der Waals surface area contributed by atoms with Gasteiger partial charge in [-0.1, -0.05) is 25.1 Å². The van der Waals surface area contributed by atoms with Crippen molar-refractivity contribution in [3.05, 3.63) is 46.8 Å². The molecule has 23 heavy (non-hydrogen) atoms. The molecule has 2 atom stereocenters. The van der Waals surface area contributed by atoms with Crippen molar-refractivity contribution in [3.8, 4) is 0 Å². The van der Waals surface area contributed by atoms with Crippen molar-refractivity contribution in [1.29, 1.82) is 0 Å². The minimum absolute atomic E-state index is 0.192. The lowest BCUT2D eigenvalue weighted by atomic mass is 9.86. The normalized spacial score (nSPS) is 22.9. The number of Topliss-reactive ketones (excluding diaryl/α,β-unsaturated/α-hetero) is 1. The maximum absolute atomic E-state index is 12.3. The lowest BCUT2D eigenvalue weighted by molar-refractivity contribution is 0.0951. The van der Waals surface area contributed by atoms with E-state index in [0.717, 1.165) is 35.7 Å². The van der Waals surface area contributed by atoms with Crippen molar-refractivity contribution in [3.63, 3.8) is 0 Å². The molecule has 0 radical (unpaired) electrons. The zero-order valence-corrected chi connectivity index (χ0v) is 13.8. The number of fused-ring (bicyclic) bond motifs is 2. The molecule has 0 saturated heterocycles. The summed E-state index contributed by atoms with van der Waals surface area (Å²) in [4.78, 5) is 24.0. The van der Waals surface area contributed by atoms with E-state index in [1.54, 1.807) is 0 Å². The largest absolute Gasteiger partial charge is 0.307 e. The van der Waals surface area contributed by atoms with E-state index in [2.05, 4.69) is 48.0 Å². The van der Waals surface area contributed by atoms with Gasteiger partial charge in [-0.15, -0.1) is 0 Å². The molecule has 2 heterocycles. The number of anilines is 2. The van der Waals surface area contributed by atoms with Gasteiger partial charge in [-0.3, -0.25) is 4.79 Å². The molecule has 0 bridgehead atoms. The summed E-state index contributed by atoms with van der Waals surface area (Å²) < 4.78 is 0. The van der Waals surface area contributed by atoms with E-state index in [-0.39, 0.29) is 5.78 Å². The average Bonchev–Trinajstić information content (AvgIpc) is 2.81. The van der Waals surface area contributed by atoms with E-state index in [0.29, 0.717) is 18.4 Å². The monoisotopic (exact) mass is 307 g/mol. The molecule has 4 nitrogen and oxygen atoms in total. The Morgan fingerprint density at radius 2 is 1.87 bits per heavy atom. The van der Waals surface area contributed by atoms with Gasteiger partial charge in [0.05, 0.1) is 17.0 Å². The fourth-order valence-corrected chi connectivity index (χ4v) is 3.93. The lowest BCUT2D eigenvalue weighted by Crippen LogP contribution is -2.29. The van der Waals surface area contributed by atoms with Crippen LogP contribution in [0, 0.1) is 12.8 Å². The molecule has 0 amide bonds. The van der Waals surface area contributed by atoms with E-state index in [1.165, 1.54) is 11.3 Å². The Bertz CT molecular complexity index is 799. The predicted octanol–water partition coefficient (Wildman–Crippen LogP) is 3.63. The second kappa shape index (κ2) is 5.15. The Morgan fingerprint density at radius 3 is 2.70 bits per heavy atom. The number of hydrogen-bond acceptors (Lipinski definition) is 4. The number of hydrogen-bond donors (Lipinski definition) is 0. The van der Waals surface area contributed by atoms with Crippen LogP contribution in [-0.2, 0) is 12.8 Å². The zero-order chi connectivity index (χ0) is 16.1. The van der Waals surface area contributed by atoms with Gasteiger partial charge in [0.2, 0.25) is 5.95 Å². The first-order valence-corrected chi connectivity index (χ1v) is 8.32. The molecule has 0 unspecified atom stereocenters. The Morgan fingerprint density at radius 1 is 1.09 bits per heavy atom. The Labute approximate surface area is 136 Å². The summed E-state index contributed by atoms with van der Waals surface area (Å²) in [6, 6.07) is 8.77. The SMILES string of the molecule is Cc1nc(N2c3ccccc3C[C@H]2C)nc2c1C(=O)C[C@@H](C)C2. The number of nitrogens with zero attached hydrogens (tertiary/aromatic N) is 3. The zero-order valence-electron chi connectivity index (χ0n) is 13.8. The van der Waals surface area contributed by atoms with Gasteiger partial charge in [-0.2, -0.15) is 0 Å². The summed E-state index contributed by atoms with van der Waals surface area (Å²) >= 11 is 0. The van der Waals surface area contributed by atoms with Crippen LogP contribution in [0.15, 0.2) is 24.3 Å². The highest BCUT2D eigenvalue weighted by atomic mass is 16.1. The van der Waals surface area contributed by atoms with Crippen molar-refractivity contribution in [2.75, 3.05) is 4.90 Å². The molecule has 0 spiro atoms. The van der Waals surface area contributed by atoms with E-state index in [1.807, 2.05) is 6.92 Å². The quantitative estimate of drug-likeness (QED) is 0.807. The topological polar surface area (TPSA) is 46.1 Å². The number of benzene rings is 1. The third-order valence-electron chi connectivity index (χ3n) is 4.93. The Balaban J connectivity index is 1.84. The molecule has 0 fully saturated rings. The molecule has 2 aliphatic rings. The highest BCUT2D eigenvalue weighted by Gasteiger charge is 2.32. The number of ketones is 1. The summed E-state index contributed by atoms with van der Waals surface area (Å²) in [6.07, 6.45) is 2.48. The summed E-state index contributed by atoms with van der Waals surface area (Å²) in [6.45, 7) is 6.25. The first-order chi connectivity index (χ1) is 11.0. The summed E-state index contributed by atoms with van der Waals surface area (Å²) in [7, 11) is 0. The van der Waals surface area contributed by atoms with Crippen LogP contribution >= 0.6 is 0 Å². The van der Waals surface area contributed by atoms with Crippen LogP contribution in [0.2, 0.25) is 0 Å². The molecule has 1 aromatic heterocycles. The molecule has 0 N–H and O–H groups in total. The van der Waals surface area contributed by atoms with E-state index >= 15 is 0 Å². The number of aryl methyl sites for hydroxylation is 1. The second-order valence-corrected chi connectivity index (χ2v) is 6.92. The highest BCUT2D eigenvalue weighted by Crippen LogP contribution is 2.37. The van der Waals surface area contributed by atoms with Crippen molar-refractivity contribution in [2.45, 2.75) is 46.1 Å². The molecule has 4 heteroatoms. The maximum atomic E-state index is 12.3. The fraction of sp³-hybridized carbons (Fsp3) is 0.421. The van der Waals surface area contributed by atoms with Gasteiger partial charge in [0.15, 0.2) is 5.78 Å². The molecule has 2 aromatic rings. The van der Waals surface area contributed by atoms with Crippen LogP contribution in [0.5, 0.6) is 0 Å². The third-order valence-corrected chi connectivity index (χ3v) is 4.93. The van der Waals surface area contributed by atoms with E-state index in [4.69, 9.17) is 4.98 Å². The van der Waals surface area contributed by atoms with Crippen LogP contribution in [0.4, 0.5) is 11.6 Å². The van der Waals surface area contributed by atoms with Crippen LogP contribution in [-0.4, -0.2) is 21.8 Å². The van der Waals surface area contributed by atoms with Gasteiger partial charge < -0.3 is 4.90 Å². The molecule has 1 aliphatic heterocycles. The van der Waals surface area contributed by atoms with E-state index < -0.39 is 0 Å². The summed E-state index contributed by atoms with van der Waals surface area (Å²) in [5.41, 5.74) is 5.02. The van der Waals surface area contributed by atoms with Gasteiger partial charge in [-0.25, -0.2) is 9.97 Å². The molecule has 4 rings (SSSR count). The minimum atomic E-state index is 0.192. The Hall–Kier alpha value is -2.23. The first kappa shape index (κ1) is 14.4. The minimum Gasteiger partial charge on any atom is -0.307 e. The number of carbonyl (C=O) groups is 1. The highest BCUT2D eigenvalue weighted by molar-refractivity contribution is 5.99. The molecule has 1 aromatic carbocycles. The number of rotatable bonds is 1. The third kappa shape index (κ3) is 2.24. The lowest BCUT2D eigenvalue weighted by Gasteiger charge is -2.26.